The van der Waals surface area contributed by atoms with E-state index < -0.39 is 0 Å². The molecule has 9 aromatic rings. The minimum absolute atomic E-state index is 0.237. The standard InChI is InChI=1S/C42H22N8/c43-23-26-19-29(24-44)39(30(20-26)25-45)49-35-17-9-7-15-31(35)33-21-34-32-16-8-10-18-36(32)50(38(34)22-37(33)49)42-47-40(27-11-3-1-4-12-27)46-41(48-42)28-13-5-2-6-14-28/h1-22H. The van der Waals surface area contributed by atoms with Crippen molar-refractivity contribution >= 4 is 43.6 Å². The van der Waals surface area contributed by atoms with Gasteiger partial charge in [0.25, 0.3) is 0 Å². The minimum Gasteiger partial charge on any atom is -0.307 e. The van der Waals surface area contributed by atoms with E-state index in [0.717, 1.165) is 54.7 Å². The van der Waals surface area contributed by atoms with Crippen molar-refractivity contribution in [3.05, 3.63) is 150 Å². The van der Waals surface area contributed by atoms with Crippen molar-refractivity contribution in [1.29, 1.82) is 15.8 Å². The van der Waals surface area contributed by atoms with Crippen molar-refractivity contribution in [2.24, 2.45) is 0 Å². The molecule has 0 saturated heterocycles. The second kappa shape index (κ2) is 11.3. The van der Waals surface area contributed by atoms with Gasteiger partial charge in [0.2, 0.25) is 5.95 Å². The monoisotopic (exact) mass is 638 g/mol. The summed E-state index contributed by atoms with van der Waals surface area (Å²) in [5.74, 6) is 1.55. The van der Waals surface area contributed by atoms with Crippen LogP contribution in [0.2, 0.25) is 0 Å². The number of hydrogen-bond acceptors (Lipinski definition) is 6. The van der Waals surface area contributed by atoms with Crippen molar-refractivity contribution in [2.45, 2.75) is 0 Å². The van der Waals surface area contributed by atoms with Crippen LogP contribution in [0, 0.1) is 34.0 Å². The van der Waals surface area contributed by atoms with Crippen LogP contribution in [0.25, 0.3) is 78.0 Å². The number of para-hydroxylation sites is 2. The number of nitriles is 3. The first-order chi connectivity index (χ1) is 24.7. The third-order valence-corrected chi connectivity index (χ3v) is 9.06. The van der Waals surface area contributed by atoms with E-state index in [1.165, 1.54) is 12.1 Å². The van der Waals surface area contributed by atoms with Crippen LogP contribution in [-0.4, -0.2) is 24.1 Å². The van der Waals surface area contributed by atoms with Crippen LogP contribution in [-0.2, 0) is 0 Å². The number of aromatic nitrogens is 5. The molecule has 8 heteroatoms. The molecule has 0 atom stereocenters. The van der Waals surface area contributed by atoms with Crippen molar-refractivity contribution in [2.75, 3.05) is 0 Å². The van der Waals surface area contributed by atoms with Crippen LogP contribution in [0.5, 0.6) is 0 Å². The van der Waals surface area contributed by atoms with Gasteiger partial charge in [-0.3, -0.25) is 4.57 Å². The zero-order chi connectivity index (χ0) is 33.8. The van der Waals surface area contributed by atoms with Gasteiger partial charge in [-0.1, -0.05) is 97.1 Å². The highest BCUT2D eigenvalue weighted by Crippen LogP contribution is 2.40. The predicted molar refractivity (Wildman–Crippen MR) is 194 cm³/mol. The fourth-order valence-corrected chi connectivity index (χ4v) is 6.90. The van der Waals surface area contributed by atoms with Gasteiger partial charge in [0.05, 0.1) is 50.5 Å². The summed E-state index contributed by atoms with van der Waals surface area (Å²) >= 11 is 0. The molecule has 0 unspecified atom stereocenters. The summed E-state index contributed by atoms with van der Waals surface area (Å²) in [5, 5.41) is 34.2. The summed E-state index contributed by atoms with van der Waals surface area (Å²) in [7, 11) is 0. The smallest absolute Gasteiger partial charge is 0.238 e. The molecule has 0 N–H and O–H groups in total. The molecule has 9 rings (SSSR count). The Morgan fingerprint density at radius 3 is 1.42 bits per heavy atom. The molecule has 0 radical (unpaired) electrons. The fraction of sp³-hybridized carbons (Fsp3) is 0. The minimum atomic E-state index is 0.237. The Morgan fingerprint density at radius 2 is 0.900 bits per heavy atom. The lowest BCUT2D eigenvalue weighted by Gasteiger charge is -2.13. The maximum absolute atomic E-state index is 10.3. The number of benzene rings is 6. The zero-order valence-corrected chi connectivity index (χ0v) is 26.3. The first-order valence-electron chi connectivity index (χ1n) is 15.9. The average Bonchev–Trinajstić information content (AvgIpc) is 3.68. The molecule has 3 aromatic heterocycles. The SMILES string of the molecule is N#Cc1cc(C#N)c(-n2c3ccccc3c3cc4c5ccccc5n(-c5nc(-c6ccccc6)nc(-c6ccccc6)n5)c4cc32)c(C#N)c1. The summed E-state index contributed by atoms with van der Waals surface area (Å²) < 4.78 is 4.02. The Bertz CT molecular complexity index is 2860. The quantitative estimate of drug-likeness (QED) is 0.190. The van der Waals surface area contributed by atoms with Gasteiger partial charge in [0.1, 0.15) is 12.1 Å². The van der Waals surface area contributed by atoms with Crippen molar-refractivity contribution in [3.8, 4) is 52.6 Å². The highest BCUT2D eigenvalue weighted by atomic mass is 15.2. The van der Waals surface area contributed by atoms with Gasteiger partial charge in [-0.2, -0.15) is 25.8 Å². The van der Waals surface area contributed by atoms with E-state index in [1.807, 2.05) is 102 Å². The lowest BCUT2D eigenvalue weighted by Crippen LogP contribution is -2.06. The van der Waals surface area contributed by atoms with E-state index in [0.29, 0.717) is 23.3 Å². The van der Waals surface area contributed by atoms with Gasteiger partial charge >= 0.3 is 0 Å². The first-order valence-corrected chi connectivity index (χ1v) is 15.9. The van der Waals surface area contributed by atoms with Crippen LogP contribution in [0.1, 0.15) is 16.7 Å². The highest BCUT2D eigenvalue weighted by molar-refractivity contribution is 6.19. The van der Waals surface area contributed by atoms with Crippen molar-refractivity contribution < 1.29 is 0 Å². The topological polar surface area (TPSA) is 120 Å². The van der Waals surface area contributed by atoms with E-state index in [4.69, 9.17) is 15.0 Å². The summed E-state index contributed by atoms with van der Waals surface area (Å²) in [4.78, 5) is 15.0. The molecule has 50 heavy (non-hydrogen) atoms. The second-order valence-corrected chi connectivity index (χ2v) is 11.9. The number of nitrogens with zero attached hydrogens (tertiary/aromatic N) is 8. The normalized spacial score (nSPS) is 11.1. The van der Waals surface area contributed by atoms with Crippen LogP contribution < -0.4 is 0 Å². The van der Waals surface area contributed by atoms with Crippen LogP contribution in [0.3, 0.4) is 0 Å². The Hall–Kier alpha value is -7.60. The van der Waals surface area contributed by atoms with E-state index in [2.05, 4.69) is 47.0 Å². The summed E-state index contributed by atoms with van der Waals surface area (Å²) in [6, 6.07) is 49.7. The molecule has 3 heterocycles. The maximum Gasteiger partial charge on any atom is 0.238 e. The van der Waals surface area contributed by atoms with E-state index in [-0.39, 0.29) is 16.7 Å². The van der Waals surface area contributed by atoms with Gasteiger partial charge in [0.15, 0.2) is 11.6 Å². The molecule has 8 nitrogen and oxygen atoms in total. The average molecular weight is 639 g/mol. The zero-order valence-electron chi connectivity index (χ0n) is 26.3. The summed E-state index contributed by atoms with van der Waals surface area (Å²) in [6.45, 7) is 0. The molecule has 0 fully saturated rings. The van der Waals surface area contributed by atoms with E-state index in [9.17, 15) is 15.8 Å². The van der Waals surface area contributed by atoms with Gasteiger partial charge < -0.3 is 4.57 Å². The molecule has 0 amide bonds. The van der Waals surface area contributed by atoms with Gasteiger partial charge in [0, 0.05) is 32.7 Å². The van der Waals surface area contributed by atoms with E-state index >= 15 is 0 Å². The Labute approximate surface area is 285 Å². The molecule has 230 valence electrons. The largest absolute Gasteiger partial charge is 0.307 e. The Morgan fingerprint density at radius 1 is 0.420 bits per heavy atom. The third-order valence-electron chi connectivity index (χ3n) is 9.06. The summed E-state index contributed by atoms with van der Waals surface area (Å²) in [5.41, 5.74) is 6.28. The lowest BCUT2D eigenvalue weighted by atomic mass is 10.0. The molecular weight excluding hydrogens is 617 g/mol. The Balaban J connectivity index is 1.43. The van der Waals surface area contributed by atoms with Gasteiger partial charge in [-0.05, 0) is 36.4 Å². The van der Waals surface area contributed by atoms with Crippen LogP contribution in [0.15, 0.2) is 133 Å². The molecule has 0 aliphatic carbocycles. The maximum atomic E-state index is 10.3. The van der Waals surface area contributed by atoms with Gasteiger partial charge in [-0.15, -0.1) is 0 Å². The van der Waals surface area contributed by atoms with Crippen molar-refractivity contribution in [1.82, 2.24) is 24.1 Å². The molecule has 0 bridgehead atoms. The summed E-state index contributed by atoms with van der Waals surface area (Å²) in [6.07, 6.45) is 0. The number of rotatable bonds is 4. The van der Waals surface area contributed by atoms with Crippen LogP contribution >= 0.6 is 0 Å². The fourth-order valence-electron chi connectivity index (χ4n) is 6.90. The first kappa shape index (κ1) is 28.6. The van der Waals surface area contributed by atoms with E-state index in [1.54, 1.807) is 0 Å². The number of fused-ring (bicyclic) bond motifs is 6. The lowest BCUT2D eigenvalue weighted by molar-refractivity contribution is 0.953. The van der Waals surface area contributed by atoms with Crippen molar-refractivity contribution in [3.63, 3.8) is 0 Å². The number of hydrogen-bond donors (Lipinski definition) is 0. The molecule has 0 aliphatic heterocycles. The second-order valence-electron chi connectivity index (χ2n) is 11.9. The molecule has 6 aromatic carbocycles. The highest BCUT2D eigenvalue weighted by Gasteiger charge is 2.23. The van der Waals surface area contributed by atoms with Crippen LogP contribution in [0.4, 0.5) is 0 Å². The molecule has 0 aliphatic rings. The predicted octanol–water partition coefficient (Wildman–Crippen LogP) is 9.01. The van der Waals surface area contributed by atoms with Gasteiger partial charge in [-0.25, -0.2) is 4.98 Å². The third kappa shape index (κ3) is 4.33. The molecular formula is C42H22N8. The molecule has 0 spiro atoms. The Kier molecular flexibility index (Phi) is 6.45. The molecule has 0 saturated carbocycles.